The van der Waals surface area contributed by atoms with E-state index >= 15 is 0 Å². The number of aliphatic hydroxyl groups is 1. The van der Waals surface area contributed by atoms with Crippen LogP contribution < -0.4 is 10.1 Å². The van der Waals surface area contributed by atoms with E-state index in [1.807, 2.05) is 0 Å². The molecule has 0 aliphatic carbocycles. The molecule has 206 valence electrons. The van der Waals surface area contributed by atoms with E-state index in [-0.39, 0.29) is 19.3 Å². The summed E-state index contributed by atoms with van der Waals surface area (Å²) in [6, 6.07) is 0.486. The lowest BCUT2D eigenvalue weighted by Crippen LogP contribution is -2.42. The van der Waals surface area contributed by atoms with Gasteiger partial charge in [-0.25, -0.2) is 9.78 Å². The molecule has 0 fully saturated rings. The van der Waals surface area contributed by atoms with Gasteiger partial charge in [0.05, 0.1) is 11.8 Å². The zero-order valence-electron chi connectivity index (χ0n) is 20.4. The minimum absolute atomic E-state index is 0.0940. The Morgan fingerprint density at radius 3 is 2.41 bits per heavy atom. The summed E-state index contributed by atoms with van der Waals surface area (Å²) in [5.41, 5.74) is -7.14. The third kappa shape index (κ3) is 6.62. The number of carbonyl (C=O) groups is 1. The molecule has 0 aromatic carbocycles. The van der Waals surface area contributed by atoms with Gasteiger partial charge in [-0.1, -0.05) is 6.42 Å². The van der Waals surface area contributed by atoms with E-state index in [0.29, 0.717) is 12.5 Å². The van der Waals surface area contributed by atoms with Crippen LogP contribution in [0, 0.1) is 0 Å². The van der Waals surface area contributed by atoms with Crippen LogP contribution >= 0.6 is 0 Å². The molecule has 9 nitrogen and oxygen atoms in total. The molecule has 0 radical (unpaired) electrons. The van der Waals surface area contributed by atoms with Crippen molar-refractivity contribution in [1.82, 2.24) is 15.2 Å². The summed E-state index contributed by atoms with van der Waals surface area (Å²) in [4.78, 5) is 16.2. The SMILES string of the molecule is C[C@H]1CCCCC[C@](O)(C(F)(F)F)c2nnc(o2)-c2nc(c(C(F)(F)F)cc2NC(=O)OC(C)(C)C)O1. The van der Waals surface area contributed by atoms with Crippen molar-refractivity contribution in [2.45, 2.75) is 89.5 Å². The van der Waals surface area contributed by atoms with E-state index in [1.54, 1.807) is 0 Å². The van der Waals surface area contributed by atoms with E-state index in [0.717, 1.165) is 0 Å². The Bertz CT molecular complexity index is 1130. The molecular weight excluding hydrogens is 514 g/mol. The first-order valence-electron chi connectivity index (χ1n) is 11.3. The highest BCUT2D eigenvalue weighted by Crippen LogP contribution is 2.45. The van der Waals surface area contributed by atoms with Gasteiger partial charge in [0.25, 0.3) is 11.8 Å². The van der Waals surface area contributed by atoms with Crippen LogP contribution in [0.5, 0.6) is 5.88 Å². The van der Waals surface area contributed by atoms with Gasteiger partial charge in [0.15, 0.2) is 5.69 Å². The van der Waals surface area contributed by atoms with Crippen LogP contribution in [0.2, 0.25) is 0 Å². The van der Waals surface area contributed by atoms with Gasteiger partial charge in [-0.2, -0.15) is 26.3 Å². The molecule has 2 atom stereocenters. The molecule has 15 heteroatoms. The van der Waals surface area contributed by atoms with Crippen LogP contribution in [0.15, 0.2) is 10.5 Å². The summed E-state index contributed by atoms with van der Waals surface area (Å²) in [5.74, 6) is -2.90. The number of aromatic nitrogens is 3. The van der Waals surface area contributed by atoms with Gasteiger partial charge < -0.3 is 19.0 Å². The highest BCUT2D eigenvalue weighted by molar-refractivity contribution is 5.89. The number of alkyl halides is 6. The summed E-state index contributed by atoms with van der Waals surface area (Å²) in [6.07, 6.45) is -12.3. The second-order valence-electron chi connectivity index (χ2n) is 9.66. The zero-order chi connectivity index (χ0) is 27.8. The second kappa shape index (κ2) is 9.99. The molecule has 0 saturated heterocycles. The molecule has 0 saturated carbocycles. The van der Waals surface area contributed by atoms with Gasteiger partial charge in [-0.05, 0) is 59.4 Å². The minimum atomic E-state index is -5.19. The molecule has 1 aliphatic heterocycles. The summed E-state index contributed by atoms with van der Waals surface area (Å²) >= 11 is 0. The molecule has 1 aliphatic rings. The molecule has 37 heavy (non-hydrogen) atoms. The Kier molecular flexibility index (Phi) is 7.68. The summed E-state index contributed by atoms with van der Waals surface area (Å²) in [5, 5.41) is 19.4. The number of halogens is 6. The first-order valence-corrected chi connectivity index (χ1v) is 11.3. The number of anilines is 1. The fourth-order valence-electron chi connectivity index (χ4n) is 3.56. The summed E-state index contributed by atoms with van der Waals surface area (Å²) in [7, 11) is 0. The number of pyridine rings is 1. The fourth-order valence-corrected chi connectivity index (χ4v) is 3.56. The lowest BCUT2D eigenvalue weighted by atomic mass is 9.94. The summed E-state index contributed by atoms with van der Waals surface area (Å²) in [6.45, 7) is 6.02. The topological polar surface area (TPSA) is 120 Å². The molecule has 3 heterocycles. The number of rotatable bonds is 1. The monoisotopic (exact) mass is 540 g/mol. The van der Waals surface area contributed by atoms with Crippen molar-refractivity contribution in [1.29, 1.82) is 0 Å². The molecule has 2 aromatic heterocycles. The number of hydrogen-bond donors (Lipinski definition) is 2. The lowest BCUT2D eigenvalue weighted by Gasteiger charge is -2.27. The predicted molar refractivity (Wildman–Crippen MR) is 116 cm³/mol. The number of nitrogens with one attached hydrogen (secondary N) is 1. The standard InChI is InChI=1S/C22H26F6N4O5/c1-11-8-6-5-7-9-20(34,22(26,27)28)17-32-31-16(36-17)14-13(29-18(33)37-19(2,3)4)10-12(21(23,24)25)15(30-14)35-11/h10-11,34H,5-9H2,1-4H3,(H,29,33)/t11-,20+/m0/s1. The molecule has 0 spiro atoms. The average molecular weight is 540 g/mol. The quantitative estimate of drug-likeness (QED) is 0.424. The Labute approximate surface area is 207 Å². The molecule has 1 amide bonds. The maximum atomic E-state index is 13.9. The normalized spacial score (nSPS) is 21.5. The van der Waals surface area contributed by atoms with Crippen molar-refractivity contribution in [2.24, 2.45) is 0 Å². The van der Waals surface area contributed by atoms with E-state index in [9.17, 15) is 36.2 Å². The fraction of sp³-hybridized carbons (Fsp3) is 0.636. The van der Waals surface area contributed by atoms with Crippen molar-refractivity contribution < 1.29 is 50.1 Å². The Hall–Kier alpha value is -3.10. The van der Waals surface area contributed by atoms with E-state index in [2.05, 4.69) is 20.5 Å². The van der Waals surface area contributed by atoms with Crippen molar-refractivity contribution in [2.75, 3.05) is 5.32 Å². The van der Waals surface area contributed by atoms with Gasteiger partial charge >= 0.3 is 18.4 Å². The highest BCUT2D eigenvalue weighted by atomic mass is 19.4. The molecule has 2 N–H and O–H groups in total. The highest BCUT2D eigenvalue weighted by Gasteiger charge is 2.58. The first kappa shape index (κ1) is 28.5. The van der Waals surface area contributed by atoms with Crippen molar-refractivity contribution in [3.63, 3.8) is 0 Å². The van der Waals surface area contributed by atoms with E-state index in [4.69, 9.17) is 13.9 Å². The number of nitrogens with zero attached hydrogens (tertiary/aromatic N) is 3. The maximum absolute atomic E-state index is 13.9. The zero-order valence-corrected chi connectivity index (χ0v) is 20.4. The van der Waals surface area contributed by atoms with Crippen LogP contribution in [0.4, 0.5) is 36.8 Å². The van der Waals surface area contributed by atoms with Crippen LogP contribution in [0.25, 0.3) is 11.6 Å². The van der Waals surface area contributed by atoms with Crippen LogP contribution in [-0.2, 0) is 16.5 Å². The van der Waals surface area contributed by atoms with E-state index in [1.165, 1.54) is 27.7 Å². The van der Waals surface area contributed by atoms with Gasteiger partial charge in [-0.3, -0.25) is 5.32 Å². The largest absolute Gasteiger partial charge is 0.474 e. The minimum Gasteiger partial charge on any atom is -0.474 e. The third-order valence-electron chi connectivity index (χ3n) is 5.34. The molecule has 0 unspecified atom stereocenters. The molecule has 3 rings (SSSR count). The number of fused-ring (bicyclic) bond motifs is 5. The van der Waals surface area contributed by atoms with Crippen molar-refractivity contribution >= 4 is 11.8 Å². The van der Waals surface area contributed by atoms with Gasteiger partial charge in [0.1, 0.15) is 11.2 Å². The van der Waals surface area contributed by atoms with Crippen molar-refractivity contribution in [3.05, 3.63) is 17.5 Å². The van der Waals surface area contributed by atoms with Crippen LogP contribution in [0.3, 0.4) is 0 Å². The van der Waals surface area contributed by atoms with Crippen LogP contribution in [0.1, 0.15) is 71.3 Å². The number of hydrogen-bond acceptors (Lipinski definition) is 8. The first-order chi connectivity index (χ1) is 16.9. The Morgan fingerprint density at radius 2 is 1.81 bits per heavy atom. The smallest absolute Gasteiger partial charge is 0.426 e. The van der Waals surface area contributed by atoms with E-state index < -0.39 is 76.8 Å². The third-order valence-corrected chi connectivity index (χ3v) is 5.34. The maximum Gasteiger partial charge on any atom is 0.426 e. The molecule has 2 aromatic rings. The predicted octanol–water partition coefficient (Wildman–Crippen LogP) is 5.98. The van der Waals surface area contributed by atoms with Gasteiger partial charge in [-0.15, -0.1) is 10.2 Å². The molecule has 4 bridgehead atoms. The number of amides is 1. The molecular formula is C22H26F6N4O5. The number of carbonyl (C=O) groups excluding carboxylic acids is 1. The Balaban J connectivity index is 2.23. The Morgan fingerprint density at radius 1 is 1.14 bits per heavy atom. The second-order valence-corrected chi connectivity index (χ2v) is 9.66. The van der Waals surface area contributed by atoms with Crippen molar-refractivity contribution in [3.8, 4) is 17.5 Å². The van der Waals surface area contributed by atoms with Gasteiger partial charge in [0.2, 0.25) is 11.5 Å². The lowest BCUT2D eigenvalue weighted by molar-refractivity contribution is -0.277. The van der Waals surface area contributed by atoms with Gasteiger partial charge in [0, 0.05) is 0 Å². The average Bonchev–Trinajstić information content (AvgIpc) is 3.21. The number of ether oxygens (including phenoxy) is 2. The van der Waals surface area contributed by atoms with Crippen LogP contribution in [-0.4, -0.2) is 44.3 Å². The summed E-state index contributed by atoms with van der Waals surface area (Å²) < 4.78 is 98.8.